The van der Waals surface area contributed by atoms with Gasteiger partial charge in [0, 0.05) is 5.69 Å². The molecule has 0 aromatic heterocycles. The fourth-order valence-corrected chi connectivity index (χ4v) is 2.20. The van der Waals surface area contributed by atoms with Crippen molar-refractivity contribution < 1.29 is 14.7 Å². The molecule has 1 amide bonds. The van der Waals surface area contributed by atoms with Gasteiger partial charge in [0.25, 0.3) is 0 Å². The van der Waals surface area contributed by atoms with Gasteiger partial charge in [0.05, 0.1) is 26.9 Å². The number of amides is 1. The van der Waals surface area contributed by atoms with Gasteiger partial charge >= 0.3 is 5.97 Å². The molecular formula is C14H10Cl2N2O3. The number of carboxylic acid groups (broad SMARTS) is 1. The second-order valence-corrected chi connectivity index (χ2v) is 5.00. The third-order valence-corrected chi connectivity index (χ3v) is 3.36. The Morgan fingerprint density at radius 3 is 2.29 bits per heavy atom. The number of carboxylic acids is 1. The molecule has 0 unspecified atom stereocenters. The number of benzene rings is 2. The molecule has 108 valence electrons. The molecule has 0 aliphatic heterocycles. The number of rotatable bonds is 4. The number of aromatic carboxylic acids is 1. The summed E-state index contributed by atoms with van der Waals surface area (Å²) in [6.45, 7) is 0. The van der Waals surface area contributed by atoms with Crippen LogP contribution in [0.3, 0.4) is 0 Å². The average Bonchev–Trinajstić information content (AvgIpc) is 2.40. The van der Waals surface area contributed by atoms with Crippen molar-refractivity contribution in [1.82, 2.24) is 0 Å². The summed E-state index contributed by atoms with van der Waals surface area (Å²) < 4.78 is 0. The van der Waals surface area contributed by atoms with Gasteiger partial charge in [-0.15, -0.1) is 0 Å². The Bertz CT molecular complexity index is 732. The third-order valence-electron chi connectivity index (χ3n) is 2.73. The van der Waals surface area contributed by atoms with Crippen LogP contribution in [0, 0.1) is 0 Å². The Hall–Kier alpha value is -2.24. The molecule has 7 heteroatoms. The molecule has 0 fully saturated rings. The summed E-state index contributed by atoms with van der Waals surface area (Å²) in [5, 5.41) is 12.3. The fourth-order valence-electron chi connectivity index (χ4n) is 1.70. The molecule has 4 N–H and O–H groups in total. The van der Waals surface area contributed by atoms with E-state index in [2.05, 4.69) is 5.32 Å². The molecule has 0 saturated heterocycles. The summed E-state index contributed by atoms with van der Waals surface area (Å²) in [7, 11) is 0. The Kier molecular flexibility index (Phi) is 4.35. The number of primary amides is 1. The summed E-state index contributed by atoms with van der Waals surface area (Å²) in [5.41, 5.74) is 6.58. The molecule has 2 aromatic carbocycles. The van der Waals surface area contributed by atoms with Crippen LogP contribution in [0.25, 0.3) is 0 Å². The van der Waals surface area contributed by atoms with Crippen molar-refractivity contribution in [3.05, 3.63) is 57.6 Å². The lowest BCUT2D eigenvalue weighted by atomic mass is 10.1. The number of hydrogen-bond acceptors (Lipinski definition) is 3. The lowest BCUT2D eigenvalue weighted by Gasteiger charge is -2.10. The van der Waals surface area contributed by atoms with E-state index in [9.17, 15) is 9.59 Å². The Morgan fingerprint density at radius 1 is 1.05 bits per heavy atom. The fraction of sp³-hybridized carbons (Fsp3) is 0. The molecule has 2 rings (SSSR count). The molecule has 0 saturated carbocycles. The zero-order chi connectivity index (χ0) is 15.6. The lowest BCUT2D eigenvalue weighted by molar-refractivity contribution is 0.0696. The topological polar surface area (TPSA) is 92.4 Å². The number of anilines is 2. The summed E-state index contributed by atoms with van der Waals surface area (Å²) >= 11 is 12.0. The minimum Gasteiger partial charge on any atom is -0.478 e. The molecule has 0 bridgehead atoms. The number of carbonyl (C=O) groups excluding carboxylic acids is 1. The van der Waals surface area contributed by atoms with E-state index in [0.29, 0.717) is 11.4 Å². The van der Waals surface area contributed by atoms with Gasteiger partial charge in [-0.05, 0) is 36.4 Å². The first-order valence-electron chi connectivity index (χ1n) is 5.77. The summed E-state index contributed by atoms with van der Waals surface area (Å²) in [5.74, 6) is -1.67. The van der Waals surface area contributed by atoms with E-state index in [-0.39, 0.29) is 21.2 Å². The van der Waals surface area contributed by atoms with Gasteiger partial charge in [0.2, 0.25) is 5.91 Å². The van der Waals surface area contributed by atoms with Crippen molar-refractivity contribution in [1.29, 1.82) is 0 Å². The van der Waals surface area contributed by atoms with Crippen molar-refractivity contribution in [2.75, 3.05) is 5.32 Å². The van der Waals surface area contributed by atoms with E-state index in [1.54, 1.807) is 12.1 Å². The number of hydrogen-bond donors (Lipinski definition) is 3. The Morgan fingerprint density at radius 2 is 1.76 bits per heavy atom. The van der Waals surface area contributed by atoms with Gasteiger partial charge in [0.15, 0.2) is 0 Å². The molecule has 0 spiro atoms. The molecule has 2 aromatic rings. The van der Waals surface area contributed by atoms with Crippen molar-refractivity contribution in [2.24, 2.45) is 5.73 Å². The first-order valence-corrected chi connectivity index (χ1v) is 6.53. The van der Waals surface area contributed by atoms with Gasteiger partial charge in [0.1, 0.15) is 0 Å². The standard InChI is InChI=1S/C14H10Cl2N2O3/c15-10-6-8(2-3-9(10)13(17)19)18-12-4-1-7(14(20)21)5-11(12)16/h1-6,18H,(H2,17,19)(H,20,21). The van der Waals surface area contributed by atoms with Crippen molar-refractivity contribution in [2.45, 2.75) is 0 Å². The largest absolute Gasteiger partial charge is 0.478 e. The van der Waals surface area contributed by atoms with E-state index < -0.39 is 11.9 Å². The highest BCUT2D eigenvalue weighted by Crippen LogP contribution is 2.28. The molecule has 0 radical (unpaired) electrons. The Balaban J connectivity index is 2.28. The molecular weight excluding hydrogens is 315 g/mol. The number of halogens is 2. The van der Waals surface area contributed by atoms with Gasteiger partial charge in [-0.3, -0.25) is 4.79 Å². The van der Waals surface area contributed by atoms with Crippen molar-refractivity contribution in [3.8, 4) is 0 Å². The summed E-state index contributed by atoms with van der Waals surface area (Å²) in [6, 6.07) is 8.95. The van der Waals surface area contributed by atoms with Gasteiger partial charge < -0.3 is 16.2 Å². The van der Waals surface area contributed by atoms with E-state index in [1.807, 2.05) is 0 Å². The van der Waals surface area contributed by atoms with E-state index >= 15 is 0 Å². The predicted molar refractivity (Wildman–Crippen MR) is 81.7 cm³/mol. The Labute approximate surface area is 130 Å². The van der Waals surface area contributed by atoms with Crippen LogP contribution in [0.2, 0.25) is 10.0 Å². The average molecular weight is 325 g/mol. The van der Waals surface area contributed by atoms with Crippen LogP contribution in [-0.2, 0) is 0 Å². The maximum atomic E-state index is 11.1. The van der Waals surface area contributed by atoms with Crippen LogP contribution in [0.4, 0.5) is 11.4 Å². The quantitative estimate of drug-likeness (QED) is 0.802. The highest BCUT2D eigenvalue weighted by atomic mass is 35.5. The second kappa shape index (κ2) is 6.03. The number of nitrogens with two attached hydrogens (primary N) is 1. The van der Waals surface area contributed by atoms with Gasteiger partial charge in [-0.2, -0.15) is 0 Å². The van der Waals surface area contributed by atoms with E-state index in [4.69, 9.17) is 34.0 Å². The molecule has 0 aliphatic carbocycles. The minimum atomic E-state index is -1.06. The van der Waals surface area contributed by atoms with Crippen LogP contribution in [0.15, 0.2) is 36.4 Å². The first-order chi connectivity index (χ1) is 9.88. The maximum Gasteiger partial charge on any atom is 0.335 e. The normalized spacial score (nSPS) is 10.2. The molecule has 0 aliphatic rings. The predicted octanol–water partition coefficient (Wildman–Crippen LogP) is 3.53. The SMILES string of the molecule is NC(=O)c1ccc(Nc2ccc(C(=O)O)cc2Cl)cc1Cl. The van der Waals surface area contributed by atoms with Crippen LogP contribution in [0.5, 0.6) is 0 Å². The van der Waals surface area contributed by atoms with E-state index in [0.717, 1.165) is 0 Å². The minimum absolute atomic E-state index is 0.0904. The van der Waals surface area contributed by atoms with Crippen molar-refractivity contribution in [3.63, 3.8) is 0 Å². The van der Waals surface area contributed by atoms with Crippen molar-refractivity contribution >= 4 is 46.5 Å². The molecule has 0 atom stereocenters. The van der Waals surface area contributed by atoms with Gasteiger partial charge in [-0.1, -0.05) is 23.2 Å². The maximum absolute atomic E-state index is 11.1. The highest BCUT2D eigenvalue weighted by molar-refractivity contribution is 6.34. The summed E-state index contributed by atoms with van der Waals surface area (Å²) in [6.07, 6.45) is 0. The van der Waals surface area contributed by atoms with Crippen LogP contribution in [0.1, 0.15) is 20.7 Å². The highest BCUT2D eigenvalue weighted by Gasteiger charge is 2.10. The third kappa shape index (κ3) is 3.45. The van der Waals surface area contributed by atoms with Gasteiger partial charge in [-0.25, -0.2) is 4.79 Å². The monoisotopic (exact) mass is 324 g/mol. The molecule has 5 nitrogen and oxygen atoms in total. The number of carbonyl (C=O) groups is 2. The zero-order valence-corrected chi connectivity index (χ0v) is 12.1. The first kappa shape index (κ1) is 15.2. The lowest BCUT2D eigenvalue weighted by Crippen LogP contribution is -2.11. The molecule has 0 heterocycles. The van der Waals surface area contributed by atoms with E-state index in [1.165, 1.54) is 24.3 Å². The summed E-state index contributed by atoms with van der Waals surface area (Å²) in [4.78, 5) is 21.9. The smallest absolute Gasteiger partial charge is 0.335 e. The van der Waals surface area contributed by atoms with Crippen LogP contribution < -0.4 is 11.1 Å². The zero-order valence-electron chi connectivity index (χ0n) is 10.6. The van der Waals surface area contributed by atoms with Crippen LogP contribution in [-0.4, -0.2) is 17.0 Å². The second-order valence-electron chi connectivity index (χ2n) is 4.18. The number of nitrogens with one attached hydrogen (secondary N) is 1. The van der Waals surface area contributed by atoms with Crippen LogP contribution >= 0.6 is 23.2 Å². The molecule has 21 heavy (non-hydrogen) atoms.